The van der Waals surface area contributed by atoms with Gasteiger partial charge in [0.25, 0.3) is 5.91 Å². The van der Waals surface area contributed by atoms with Crippen molar-refractivity contribution in [3.63, 3.8) is 0 Å². The third-order valence-electron chi connectivity index (χ3n) is 5.04. The van der Waals surface area contributed by atoms with E-state index in [1.807, 2.05) is 10.7 Å². The molecule has 0 unspecified atom stereocenters. The number of methoxy groups -OCH3 is 1. The fourth-order valence-corrected chi connectivity index (χ4v) is 3.45. The van der Waals surface area contributed by atoms with Crippen LogP contribution in [0.2, 0.25) is 0 Å². The van der Waals surface area contributed by atoms with E-state index in [1.54, 1.807) is 7.11 Å². The fourth-order valence-electron chi connectivity index (χ4n) is 3.45. The van der Waals surface area contributed by atoms with Crippen LogP contribution in [0, 0.1) is 5.92 Å². The van der Waals surface area contributed by atoms with Gasteiger partial charge < -0.3 is 19.7 Å². The zero-order chi connectivity index (χ0) is 16.6. The molecule has 0 spiro atoms. The average molecular weight is 322 g/mol. The maximum absolute atomic E-state index is 12.3. The summed E-state index contributed by atoms with van der Waals surface area (Å²) in [6.45, 7) is 9.59. The number of aromatic nitrogens is 2. The number of amides is 1. The van der Waals surface area contributed by atoms with E-state index in [4.69, 9.17) is 14.6 Å². The van der Waals surface area contributed by atoms with Crippen molar-refractivity contribution in [1.29, 1.82) is 0 Å². The Kier molecular flexibility index (Phi) is 4.33. The van der Waals surface area contributed by atoms with Gasteiger partial charge in [-0.3, -0.25) is 4.79 Å². The van der Waals surface area contributed by atoms with Crippen LogP contribution in [0.3, 0.4) is 0 Å². The van der Waals surface area contributed by atoms with E-state index in [0.29, 0.717) is 32.1 Å². The number of anilines is 1. The number of rotatable bonds is 4. The molecule has 0 aliphatic carbocycles. The summed E-state index contributed by atoms with van der Waals surface area (Å²) in [5.41, 5.74) is 0.252. The summed E-state index contributed by atoms with van der Waals surface area (Å²) in [7, 11) is 1.69. The molecule has 1 fully saturated rings. The third-order valence-corrected chi connectivity index (χ3v) is 5.04. The highest BCUT2D eigenvalue weighted by atomic mass is 16.5. The van der Waals surface area contributed by atoms with E-state index < -0.39 is 0 Å². The molecule has 1 aromatic heterocycles. The Morgan fingerprint density at radius 2 is 2.35 bits per heavy atom. The normalized spacial score (nSPS) is 28.0. The van der Waals surface area contributed by atoms with Crippen molar-refractivity contribution in [1.82, 2.24) is 15.1 Å². The van der Waals surface area contributed by atoms with Gasteiger partial charge in [0, 0.05) is 26.3 Å². The predicted octanol–water partition coefficient (Wildman–Crippen LogP) is 0.849. The maximum atomic E-state index is 12.3. The van der Waals surface area contributed by atoms with Crippen LogP contribution in [0.4, 0.5) is 5.82 Å². The van der Waals surface area contributed by atoms with E-state index in [2.05, 4.69) is 31.0 Å². The van der Waals surface area contributed by atoms with Crippen LogP contribution in [0.5, 0.6) is 0 Å². The molecular weight excluding hydrogens is 296 g/mol. The second kappa shape index (κ2) is 6.13. The van der Waals surface area contributed by atoms with Crippen LogP contribution in [-0.2, 0) is 15.0 Å². The molecule has 1 aromatic rings. The standard InChI is InChI=1S/C16H26N4O3/c1-11(2)16(10-22-4)9-17-15(21)13-7-14(18-20(13)16)19-5-6-23-8-12(19)3/h7,11-12H,5-6,8-10H2,1-4H3,(H,17,21)/t12-,16+/m1/s1. The number of hydrogen-bond acceptors (Lipinski definition) is 5. The van der Waals surface area contributed by atoms with Gasteiger partial charge in [0.2, 0.25) is 0 Å². The minimum atomic E-state index is -0.355. The van der Waals surface area contributed by atoms with E-state index in [9.17, 15) is 4.79 Å². The molecule has 0 bridgehead atoms. The molecule has 23 heavy (non-hydrogen) atoms. The first kappa shape index (κ1) is 16.3. The number of nitrogens with one attached hydrogen (secondary N) is 1. The number of ether oxygens (including phenoxy) is 2. The van der Waals surface area contributed by atoms with Gasteiger partial charge in [0.1, 0.15) is 11.2 Å². The lowest BCUT2D eigenvalue weighted by molar-refractivity contribution is 0.0293. The highest BCUT2D eigenvalue weighted by Gasteiger charge is 2.44. The van der Waals surface area contributed by atoms with E-state index in [-0.39, 0.29) is 23.4 Å². The Labute approximate surface area is 136 Å². The molecule has 7 heteroatoms. The zero-order valence-electron chi connectivity index (χ0n) is 14.3. The molecule has 0 aromatic carbocycles. The van der Waals surface area contributed by atoms with Gasteiger partial charge in [-0.15, -0.1) is 0 Å². The molecule has 2 aliphatic rings. The van der Waals surface area contributed by atoms with Crippen LogP contribution in [0.15, 0.2) is 6.07 Å². The van der Waals surface area contributed by atoms with Gasteiger partial charge in [-0.05, 0) is 12.8 Å². The number of carbonyl (C=O) groups is 1. The first-order valence-corrected chi connectivity index (χ1v) is 8.21. The Morgan fingerprint density at radius 1 is 1.57 bits per heavy atom. The molecule has 1 saturated heterocycles. The van der Waals surface area contributed by atoms with Crippen molar-refractivity contribution in [2.75, 3.05) is 44.9 Å². The minimum Gasteiger partial charge on any atom is -0.382 e. The van der Waals surface area contributed by atoms with Crippen LogP contribution >= 0.6 is 0 Å². The second-order valence-corrected chi connectivity index (χ2v) is 6.79. The lowest BCUT2D eigenvalue weighted by Crippen LogP contribution is -2.57. The summed E-state index contributed by atoms with van der Waals surface area (Å²) >= 11 is 0. The zero-order valence-corrected chi connectivity index (χ0v) is 14.3. The van der Waals surface area contributed by atoms with Gasteiger partial charge in [-0.25, -0.2) is 4.68 Å². The fraction of sp³-hybridized carbons (Fsp3) is 0.750. The Balaban J connectivity index is 2.04. The van der Waals surface area contributed by atoms with Gasteiger partial charge in [0.15, 0.2) is 5.82 Å². The Hall–Kier alpha value is -1.60. The third kappa shape index (κ3) is 2.61. The molecular formula is C16H26N4O3. The van der Waals surface area contributed by atoms with Crippen molar-refractivity contribution in [2.24, 2.45) is 5.92 Å². The number of nitrogens with zero attached hydrogens (tertiary/aromatic N) is 3. The lowest BCUT2D eigenvalue weighted by Gasteiger charge is -2.41. The quantitative estimate of drug-likeness (QED) is 0.890. The SMILES string of the molecule is COC[C@]1(C(C)C)CNC(=O)c2cc(N3CCOC[C@H]3C)nn21. The molecule has 0 radical (unpaired) electrons. The first-order chi connectivity index (χ1) is 11.0. The summed E-state index contributed by atoms with van der Waals surface area (Å²) in [5.74, 6) is 1.04. The van der Waals surface area contributed by atoms with Gasteiger partial charge in [-0.1, -0.05) is 13.8 Å². The molecule has 1 N–H and O–H groups in total. The molecule has 2 atom stereocenters. The van der Waals surface area contributed by atoms with E-state index >= 15 is 0 Å². The molecule has 7 nitrogen and oxygen atoms in total. The largest absolute Gasteiger partial charge is 0.382 e. The van der Waals surface area contributed by atoms with Gasteiger partial charge in [0.05, 0.1) is 25.9 Å². The van der Waals surface area contributed by atoms with Crippen LogP contribution in [0.1, 0.15) is 31.3 Å². The molecule has 128 valence electrons. The summed E-state index contributed by atoms with van der Waals surface area (Å²) in [5, 5.41) is 7.81. The summed E-state index contributed by atoms with van der Waals surface area (Å²) in [4.78, 5) is 14.5. The van der Waals surface area contributed by atoms with Crippen LogP contribution < -0.4 is 10.2 Å². The average Bonchev–Trinajstić information content (AvgIpc) is 2.97. The number of carbonyl (C=O) groups excluding carboxylic acids is 1. The van der Waals surface area contributed by atoms with Crippen molar-refractivity contribution in [3.8, 4) is 0 Å². The highest BCUT2D eigenvalue weighted by Crippen LogP contribution is 2.33. The van der Waals surface area contributed by atoms with Gasteiger partial charge in [-0.2, -0.15) is 5.10 Å². The lowest BCUT2D eigenvalue weighted by atomic mass is 9.85. The summed E-state index contributed by atoms with van der Waals surface area (Å²) in [6, 6.07) is 2.14. The van der Waals surface area contributed by atoms with Crippen LogP contribution in [0.25, 0.3) is 0 Å². The molecule has 3 rings (SSSR count). The minimum absolute atomic E-state index is 0.0722. The monoisotopic (exact) mass is 322 g/mol. The first-order valence-electron chi connectivity index (χ1n) is 8.21. The van der Waals surface area contributed by atoms with Crippen LogP contribution in [-0.4, -0.2) is 61.7 Å². The topological polar surface area (TPSA) is 68.6 Å². The van der Waals surface area contributed by atoms with Gasteiger partial charge >= 0.3 is 0 Å². The smallest absolute Gasteiger partial charge is 0.269 e. The highest BCUT2D eigenvalue weighted by molar-refractivity contribution is 5.94. The molecule has 2 aliphatic heterocycles. The van der Waals surface area contributed by atoms with Crippen molar-refractivity contribution >= 4 is 11.7 Å². The van der Waals surface area contributed by atoms with Crippen molar-refractivity contribution < 1.29 is 14.3 Å². The number of hydrogen-bond donors (Lipinski definition) is 1. The molecule has 3 heterocycles. The predicted molar refractivity (Wildman–Crippen MR) is 86.9 cm³/mol. The van der Waals surface area contributed by atoms with E-state index in [1.165, 1.54) is 0 Å². The Bertz CT molecular complexity index is 586. The van der Waals surface area contributed by atoms with Crippen molar-refractivity contribution in [3.05, 3.63) is 11.8 Å². The number of fused-ring (bicyclic) bond motifs is 1. The molecule has 0 saturated carbocycles. The Morgan fingerprint density at radius 3 is 3.00 bits per heavy atom. The molecule has 1 amide bonds. The number of morpholine rings is 1. The summed E-state index contributed by atoms with van der Waals surface area (Å²) in [6.07, 6.45) is 0. The second-order valence-electron chi connectivity index (χ2n) is 6.79. The van der Waals surface area contributed by atoms with Crippen molar-refractivity contribution in [2.45, 2.75) is 32.4 Å². The summed E-state index contributed by atoms with van der Waals surface area (Å²) < 4.78 is 12.9. The van der Waals surface area contributed by atoms with E-state index in [0.717, 1.165) is 12.4 Å². The maximum Gasteiger partial charge on any atom is 0.269 e.